The van der Waals surface area contributed by atoms with Crippen LogP contribution in [0.25, 0.3) is 0 Å². The van der Waals surface area contributed by atoms with Gasteiger partial charge in [0.2, 0.25) is 0 Å². The largest absolute Gasteiger partial charge is 0.504 e. The average Bonchev–Trinajstić information content (AvgIpc) is 2.13. The molecule has 2 N–H and O–H groups in total. The lowest BCUT2D eigenvalue weighted by atomic mass is 10.1. The number of phenols is 1. The van der Waals surface area contributed by atoms with E-state index in [4.69, 9.17) is 0 Å². The molecule has 4 heteroatoms. The first-order chi connectivity index (χ1) is 6.07. The third-order valence-electron chi connectivity index (χ3n) is 1.78. The molecule has 0 aliphatic carbocycles. The molecular weight excluding hydrogens is 173 g/mol. The maximum atomic E-state index is 13.1. The molecule has 0 fully saturated rings. The highest BCUT2D eigenvalue weighted by atomic mass is 19.1. The number of hydrogen-bond acceptors (Lipinski definition) is 2. The van der Waals surface area contributed by atoms with Gasteiger partial charge in [-0.1, -0.05) is 6.07 Å². The van der Waals surface area contributed by atoms with Gasteiger partial charge in [-0.2, -0.15) is 0 Å². The fourth-order valence-electron chi connectivity index (χ4n) is 0.983. The van der Waals surface area contributed by atoms with Crippen molar-refractivity contribution in [1.82, 2.24) is 5.32 Å². The highest BCUT2D eigenvalue weighted by Crippen LogP contribution is 2.23. The molecule has 0 atom stereocenters. The summed E-state index contributed by atoms with van der Waals surface area (Å²) in [7, 11) is 1.42. The molecule has 1 aromatic rings. The fourth-order valence-corrected chi connectivity index (χ4v) is 0.983. The molecular formula is C9H10FNO2. The van der Waals surface area contributed by atoms with Crippen molar-refractivity contribution in [2.75, 3.05) is 7.05 Å². The second-order valence-corrected chi connectivity index (χ2v) is 2.67. The Morgan fingerprint density at radius 2 is 2.15 bits per heavy atom. The molecule has 0 aromatic heterocycles. The van der Waals surface area contributed by atoms with Gasteiger partial charge >= 0.3 is 0 Å². The summed E-state index contributed by atoms with van der Waals surface area (Å²) in [6.07, 6.45) is 0. The molecule has 0 unspecified atom stereocenters. The minimum absolute atomic E-state index is 0.0504. The summed E-state index contributed by atoms with van der Waals surface area (Å²) in [6.45, 7) is 1.52. The van der Waals surface area contributed by atoms with E-state index in [-0.39, 0.29) is 5.56 Å². The van der Waals surface area contributed by atoms with Crippen LogP contribution in [0.2, 0.25) is 0 Å². The minimum atomic E-state index is -0.749. The lowest BCUT2D eigenvalue weighted by Gasteiger charge is -2.05. The summed E-state index contributed by atoms with van der Waals surface area (Å²) in [5.41, 5.74) is 0.260. The highest BCUT2D eigenvalue weighted by Gasteiger charge is 2.14. The smallest absolute Gasteiger partial charge is 0.254 e. The van der Waals surface area contributed by atoms with Crippen LogP contribution in [0, 0.1) is 12.7 Å². The number of carbonyl (C=O) groups is 1. The Morgan fingerprint density at radius 3 is 2.69 bits per heavy atom. The second-order valence-electron chi connectivity index (χ2n) is 2.67. The van der Waals surface area contributed by atoms with E-state index in [1.807, 2.05) is 0 Å². The number of rotatable bonds is 1. The van der Waals surface area contributed by atoms with Crippen LogP contribution in [0.4, 0.5) is 4.39 Å². The third-order valence-corrected chi connectivity index (χ3v) is 1.78. The number of carbonyl (C=O) groups excluding carboxylic acids is 1. The Kier molecular flexibility index (Phi) is 2.51. The number of phenolic OH excluding ortho intramolecular Hbond substituents is 1. The lowest BCUT2D eigenvalue weighted by Crippen LogP contribution is -2.18. The zero-order valence-corrected chi connectivity index (χ0v) is 7.39. The maximum absolute atomic E-state index is 13.1. The van der Waals surface area contributed by atoms with Gasteiger partial charge in [0, 0.05) is 7.05 Å². The minimum Gasteiger partial charge on any atom is -0.504 e. The van der Waals surface area contributed by atoms with E-state index in [1.54, 1.807) is 0 Å². The van der Waals surface area contributed by atoms with Crippen molar-refractivity contribution in [2.24, 2.45) is 0 Å². The molecule has 13 heavy (non-hydrogen) atoms. The van der Waals surface area contributed by atoms with Crippen molar-refractivity contribution in [3.63, 3.8) is 0 Å². The number of benzene rings is 1. The van der Waals surface area contributed by atoms with Crippen LogP contribution in [0.15, 0.2) is 12.1 Å². The van der Waals surface area contributed by atoms with E-state index in [0.29, 0.717) is 5.56 Å². The number of halogens is 1. The summed E-state index contributed by atoms with van der Waals surface area (Å²) in [6, 6.07) is 2.83. The monoisotopic (exact) mass is 183 g/mol. The standard InChI is InChI=1S/C9H10FNO2/c1-5-3-4-6(9(13)11-2)8(12)7(5)10/h3-4,12H,1-2H3,(H,11,13). The van der Waals surface area contributed by atoms with E-state index in [9.17, 15) is 14.3 Å². The molecule has 0 heterocycles. The molecule has 3 nitrogen and oxygen atoms in total. The van der Waals surface area contributed by atoms with Crippen LogP contribution in [-0.4, -0.2) is 18.1 Å². The first-order valence-electron chi connectivity index (χ1n) is 3.78. The van der Waals surface area contributed by atoms with Gasteiger partial charge in [0.1, 0.15) is 0 Å². The van der Waals surface area contributed by atoms with Gasteiger partial charge in [-0.3, -0.25) is 4.79 Å². The van der Waals surface area contributed by atoms with Crippen LogP contribution in [0.5, 0.6) is 5.75 Å². The van der Waals surface area contributed by atoms with Crippen molar-refractivity contribution in [3.8, 4) is 5.75 Å². The average molecular weight is 183 g/mol. The summed E-state index contributed by atoms with van der Waals surface area (Å²) in [5, 5.41) is 11.5. The van der Waals surface area contributed by atoms with Gasteiger partial charge in [0.25, 0.3) is 5.91 Å². The van der Waals surface area contributed by atoms with E-state index >= 15 is 0 Å². The van der Waals surface area contributed by atoms with Crippen LogP contribution >= 0.6 is 0 Å². The molecule has 1 amide bonds. The first-order valence-corrected chi connectivity index (χ1v) is 3.78. The van der Waals surface area contributed by atoms with E-state index in [1.165, 1.54) is 26.1 Å². The Hall–Kier alpha value is -1.58. The normalized spacial score (nSPS) is 9.77. The highest BCUT2D eigenvalue weighted by molar-refractivity contribution is 5.96. The van der Waals surface area contributed by atoms with Gasteiger partial charge in [0.15, 0.2) is 11.6 Å². The van der Waals surface area contributed by atoms with Crippen molar-refractivity contribution in [2.45, 2.75) is 6.92 Å². The Morgan fingerprint density at radius 1 is 1.54 bits per heavy atom. The fraction of sp³-hybridized carbons (Fsp3) is 0.222. The maximum Gasteiger partial charge on any atom is 0.254 e. The zero-order valence-electron chi connectivity index (χ0n) is 7.39. The predicted molar refractivity (Wildman–Crippen MR) is 46.2 cm³/mol. The number of hydrogen-bond donors (Lipinski definition) is 2. The summed E-state index contributed by atoms with van der Waals surface area (Å²) < 4.78 is 13.1. The van der Waals surface area contributed by atoms with Crippen LogP contribution in [0.3, 0.4) is 0 Å². The number of nitrogens with one attached hydrogen (secondary N) is 1. The molecule has 0 radical (unpaired) electrons. The molecule has 0 saturated carbocycles. The molecule has 0 aliphatic rings. The number of amides is 1. The van der Waals surface area contributed by atoms with Gasteiger partial charge in [-0.15, -0.1) is 0 Å². The van der Waals surface area contributed by atoms with Gasteiger partial charge in [-0.25, -0.2) is 4.39 Å². The van der Waals surface area contributed by atoms with Gasteiger partial charge < -0.3 is 10.4 Å². The molecule has 1 rings (SSSR count). The number of aryl methyl sites for hydroxylation is 1. The lowest BCUT2D eigenvalue weighted by molar-refractivity contribution is 0.0959. The zero-order chi connectivity index (χ0) is 10.0. The third kappa shape index (κ3) is 1.61. The Balaban J connectivity index is 3.26. The van der Waals surface area contributed by atoms with Crippen molar-refractivity contribution in [1.29, 1.82) is 0 Å². The SMILES string of the molecule is CNC(=O)c1ccc(C)c(F)c1O. The molecule has 0 bridgehead atoms. The molecule has 0 aliphatic heterocycles. The predicted octanol–water partition coefficient (Wildman–Crippen LogP) is 1.20. The van der Waals surface area contributed by atoms with E-state index in [2.05, 4.69) is 5.32 Å². The number of aromatic hydroxyl groups is 1. The van der Waals surface area contributed by atoms with Gasteiger partial charge in [-0.05, 0) is 18.6 Å². The molecule has 0 saturated heterocycles. The van der Waals surface area contributed by atoms with Crippen LogP contribution < -0.4 is 5.32 Å². The topological polar surface area (TPSA) is 49.3 Å². The molecule has 0 spiro atoms. The van der Waals surface area contributed by atoms with Crippen molar-refractivity contribution >= 4 is 5.91 Å². The Labute approximate surface area is 75.2 Å². The Bertz CT molecular complexity index is 350. The van der Waals surface area contributed by atoms with E-state index < -0.39 is 17.5 Å². The summed E-state index contributed by atoms with van der Waals surface area (Å²) in [5.74, 6) is -1.85. The summed E-state index contributed by atoms with van der Waals surface area (Å²) >= 11 is 0. The second kappa shape index (κ2) is 3.43. The van der Waals surface area contributed by atoms with Gasteiger partial charge in [0.05, 0.1) is 5.56 Å². The first kappa shape index (κ1) is 9.51. The molecule has 70 valence electrons. The van der Waals surface area contributed by atoms with Crippen molar-refractivity contribution in [3.05, 3.63) is 29.1 Å². The van der Waals surface area contributed by atoms with Crippen LogP contribution in [0.1, 0.15) is 15.9 Å². The summed E-state index contributed by atoms with van der Waals surface area (Å²) in [4.78, 5) is 11.1. The van der Waals surface area contributed by atoms with E-state index in [0.717, 1.165) is 0 Å². The van der Waals surface area contributed by atoms with Crippen molar-refractivity contribution < 1.29 is 14.3 Å². The van der Waals surface area contributed by atoms with Crippen LogP contribution in [-0.2, 0) is 0 Å². The molecule has 1 aromatic carbocycles. The quantitative estimate of drug-likeness (QED) is 0.687.